The van der Waals surface area contributed by atoms with Gasteiger partial charge in [0.2, 0.25) is 0 Å². The number of esters is 2. The molecule has 0 saturated carbocycles. The first-order chi connectivity index (χ1) is 20.6. The number of rotatable bonds is 7. The monoisotopic (exact) mass is 647 g/mol. The molecule has 0 aromatic rings. The molecule has 0 aromatic heterocycles. The molecule has 4 unspecified atom stereocenters. The number of carbonyl (C=O) groups is 2. The first-order valence-electron chi connectivity index (χ1n) is 13.2. The fourth-order valence-electron chi connectivity index (χ4n) is 5.17. The third-order valence-electron chi connectivity index (χ3n) is 7.85. The predicted molar refractivity (Wildman–Crippen MR) is 129 cm³/mol. The van der Waals surface area contributed by atoms with E-state index in [1.54, 1.807) is 0 Å². The van der Waals surface area contributed by atoms with Gasteiger partial charge in [0.05, 0.1) is 31.3 Å². The first kappa shape index (κ1) is 35.1. The van der Waals surface area contributed by atoms with Crippen molar-refractivity contribution in [3.05, 3.63) is 0 Å². The zero-order chi connectivity index (χ0) is 32.9. The minimum Gasteiger partial charge on any atom is -0.421 e. The number of fused-ring (bicyclic) bond motifs is 1. The van der Waals surface area contributed by atoms with Crippen LogP contribution in [0.25, 0.3) is 0 Å². The van der Waals surface area contributed by atoms with Gasteiger partial charge in [-0.2, -0.15) is 0 Å². The molecule has 4 aliphatic rings. The molecule has 0 amide bonds. The molecule has 4 aliphatic heterocycles. The standard InChI is InChI=1S/C22H37N3O19/c23-6-9(29)13(4(1-26)38-16(6)34)40-19-7(24)10(30)14(5(2-27)39-19)41-20-8(25)15(33)22(37)21(3-28,44-20)42-17(35)11(31)12(32)18(36)43-22/h4-16,19-20,26-34,37H,1-3,23-25H2/t4-,5-,6-,7-,8-,9-,10-,11?,12?,13?,14?,15-,16-,19+,20+,21+,22+/m1/s1. The van der Waals surface area contributed by atoms with E-state index in [0.29, 0.717) is 0 Å². The number of hydrogen-bond acceptors (Lipinski definition) is 22. The summed E-state index contributed by atoms with van der Waals surface area (Å²) in [4.78, 5) is 24.6. The van der Waals surface area contributed by atoms with Crippen molar-refractivity contribution in [3.63, 3.8) is 0 Å². The lowest BCUT2D eigenvalue weighted by Gasteiger charge is -2.54. The van der Waals surface area contributed by atoms with Gasteiger partial charge in [0, 0.05) is 0 Å². The van der Waals surface area contributed by atoms with Crippen molar-refractivity contribution in [2.45, 2.75) is 104 Å². The fraction of sp³-hybridized carbons (Fsp3) is 0.909. The molecule has 44 heavy (non-hydrogen) atoms. The van der Waals surface area contributed by atoms with Crippen LogP contribution in [0.2, 0.25) is 0 Å². The van der Waals surface area contributed by atoms with Crippen molar-refractivity contribution in [2.75, 3.05) is 19.8 Å². The summed E-state index contributed by atoms with van der Waals surface area (Å²) in [5, 5.41) is 103. The summed E-state index contributed by atoms with van der Waals surface area (Å²) in [6, 6.07) is -4.89. The van der Waals surface area contributed by atoms with Gasteiger partial charge in [-0.15, -0.1) is 0 Å². The van der Waals surface area contributed by atoms with Gasteiger partial charge in [-0.25, -0.2) is 9.59 Å². The summed E-state index contributed by atoms with van der Waals surface area (Å²) in [5.41, 5.74) is 17.7. The zero-order valence-corrected chi connectivity index (χ0v) is 22.7. The molecular formula is C22H37N3O19. The second-order valence-electron chi connectivity index (χ2n) is 10.7. The molecule has 0 aliphatic carbocycles. The molecule has 16 N–H and O–H groups in total. The molecule has 4 saturated heterocycles. The smallest absolute Gasteiger partial charge is 0.341 e. The van der Waals surface area contributed by atoms with E-state index in [2.05, 4.69) is 4.74 Å². The molecule has 17 atom stereocenters. The summed E-state index contributed by atoms with van der Waals surface area (Å²) < 4.78 is 36.9. The summed E-state index contributed by atoms with van der Waals surface area (Å²) >= 11 is 0. The molecule has 0 radical (unpaired) electrons. The van der Waals surface area contributed by atoms with E-state index in [0.717, 1.165) is 0 Å². The van der Waals surface area contributed by atoms with Crippen molar-refractivity contribution in [2.24, 2.45) is 17.2 Å². The van der Waals surface area contributed by atoms with Crippen LogP contribution < -0.4 is 17.2 Å². The van der Waals surface area contributed by atoms with Crippen LogP contribution in [0, 0.1) is 0 Å². The number of nitrogens with two attached hydrogens (primary N) is 3. The highest BCUT2D eigenvalue weighted by Crippen LogP contribution is 2.42. The minimum atomic E-state index is -3.48. The summed E-state index contributed by atoms with van der Waals surface area (Å²) in [6.07, 6.45) is -22.6. The molecule has 4 fully saturated rings. The van der Waals surface area contributed by atoms with Gasteiger partial charge < -0.3 is 101 Å². The van der Waals surface area contributed by atoms with Crippen molar-refractivity contribution in [1.29, 1.82) is 0 Å². The van der Waals surface area contributed by atoms with Gasteiger partial charge in [0.1, 0.15) is 49.3 Å². The van der Waals surface area contributed by atoms with E-state index < -0.39 is 135 Å². The van der Waals surface area contributed by atoms with Crippen LogP contribution in [-0.4, -0.2) is 186 Å². The van der Waals surface area contributed by atoms with Crippen molar-refractivity contribution in [3.8, 4) is 0 Å². The number of aliphatic hydroxyl groups is 10. The molecule has 0 bridgehead atoms. The topological polar surface area (TPSA) is 379 Å². The lowest BCUT2D eigenvalue weighted by Crippen LogP contribution is -2.80. The van der Waals surface area contributed by atoms with E-state index in [4.69, 9.17) is 45.6 Å². The maximum Gasteiger partial charge on any atom is 0.341 e. The number of carbonyl (C=O) groups excluding carboxylic acids is 2. The van der Waals surface area contributed by atoms with Gasteiger partial charge in [-0.05, 0) is 0 Å². The highest BCUT2D eigenvalue weighted by molar-refractivity contribution is 5.86. The van der Waals surface area contributed by atoms with Crippen LogP contribution >= 0.6 is 0 Å². The Bertz CT molecular complexity index is 1040. The molecule has 0 spiro atoms. The van der Waals surface area contributed by atoms with Crippen LogP contribution in [0.4, 0.5) is 0 Å². The highest BCUT2D eigenvalue weighted by atomic mass is 16.8. The Morgan fingerprint density at radius 2 is 1.20 bits per heavy atom. The Labute approximate surface area is 246 Å². The van der Waals surface area contributed by atoms with Crippen LogP contribution in [0.5, 0.6) is 0 Å². The van der Waals surface area contributed by atoms with Gasteiger partial charge in [-0.1, -0.05) is 0 Å². The summed E-state index contributed by atoms with van der Waals surface area (Å²) in [7, 11) is 0. The van der Waals surface area contributed by atoms with E-state index >= 15 is 0 Å². The van der Waals surface area contributed by atoms with E-state index in [-0.39, 0.29) is 0 Å². The largest absolute Gasteiger partial charge is 0.421 e. The van der Waals surface area contributed by atoms with E-state index in [9.17, 15) is 60.7 Å². The van der Waals surface area contributed by atoms with Gasteiger partial charge >= 0.3 is 23.5 Å². The quantitative estimate of drug-likeness (QED) is 0.114. The molecular weight excluding hydrogens is 610 g/mol. The molecule has 254 valence electrons. The Balaban J connectivity index is 1.56. The predicted octanol–water partition coefficient (Wildman–Crippen LogP) is -10.2. The maximum atomic E-state index is 12.4. The molecule has 4 heterocycles. The Kier molecular flexibility index (Phi) is 10.5. The molecule has 0 aromatic carbocycles. The van der Waals surface area contributed by atoms with Gasteiger partial charge in [0.15, 0.2) is 31.1 Å². The highest BCUT2D eigenvalue weighted by Gasteiger charge is 2.71. The van der Waals surface area contributed by atoms with Crippen LogP contribution in [0.1, 0.15) is 0 Å². The lowest BCUT2D eigenvalue weighted by molar-refractivity contribution is -0.470. The molecule has 22 heteroatoms. The summed E-state index contributed by atoms with van der Waals surface area (Å²) in [6.45, 7) is -3.23. The lowest BCUT2D eigenvalue weighted by atomic mass is 9.89. The van der Waals surface area contributed by atoms with Crippen LogP contribution in [0.15, 0.2) is 0 Å². The molecule has 22 nitrogen and oxygen atoms in total. The van der Waals surface area contributed by atoms with Gasteiger partial charge in [-0.3, -0.25) is 0 Å². The van der Waals surface area contributed by atoms with Gasteiger partial charge in [0.25, 0.3) is 0 Å². The van der Waals surface area contributed by atoms with Crippen molar-refractivity contribution < 1.29 is 93.8 Å². The van der Waals surface area contributed by atoms with E-state index in [1.807, 2.05) is 0 Å². The summed E-state index contributed by atoms with van der Waals surface area (Å²) in [5.74, 6) is -10.3. The third-order valence-corrected chi connectivity index (χ3v) is 7.85. The van der Waals surface area contributed by atoms with Crippen molar-refractivity contribution >= 4 is 11.9 Å². The first-order valence-corrected chi connectivity index (χ1v) is 13.2. The number of hydrogen-bond donors (Lipinski definition) is 13. The molecule has 4 rings (SSSR count). The number of aliphatic hydroxyl groups excluding tert-OH is 9. The number of ether oxygens (including phenoxy) is 7. The second kappa shape index (κ2) is 13.1. The van der Waals surface area contributed by atoms with Crippen molar-refractivity contribution in [1.82, 2.24) is 0 Å². The van der Waals surface area contributed by atoms with Crippen LogP contribution in [0.3, 0.4) is 0 Å². The average Bonchev–Trinajstić information content (AvgIpc) is 3.00. The second-order valence-corrected chi connectivity index (χ2v) is 10.7. The average molecular weight is 648 g/mol. The van der Waals surface area contributed by atoms with E-state index in [1.165, 1.54) is 0 Å². The Hall–Kier alpha value is -1.78. The minimum absolute atomic E-state index is 0.751. The normalized spacial score (nSPS) is 51.9. The SMILES string of the molecule is N[C@H]1[C@@H](OC2[C@@H](CO)O[C@@H](OC3[C@@H](CO)O[C@@H](O)[C@H](N)[C@H]3O)[C@H](N)[C@H]2O)O[C@]2(CO)OC(=O)C(O)C(O)C(=O)O[C@@]2(O)[C@@H]1O. The Morgan fingerprint density at radius 3 is 1.75 bits per heavy atom. The van der Waals surface area contributed by atoms with Crippen LogP contribution in [-0.2, 0) is 42.7 Å². The fourth-order valence-corrected chi connectivity index (χ4v) is 5.17. The third kappa shape index (κ3) is 5.81. The Morgan fingerprint density at radius 1 is 0.705 bits per heavy atom. The zero-order valence-electron chi connectivity index (χ0n) is 22.7. The maximum absolute atomic E-state index is 12.4.